The molecule has 0 aliphatic rings. The Morgan fingerprint density at radius 1 is 1.14 bits per heavy atom. The number of carbonyl (C=O) groups is 1. The quantitative estimate of drug-likeness (QED) is 0.390. The van der Waals surface area contributed by atoms with E-state index >= 15 is 0 Å². The van der Waals surface area contributed by atoms with Crippen molar-refractivity contribution >= 4 is 28.7 Å². The Balaban J connectivity index is 1.63. The van der Waals surface area contributed by atoms with E-state index in [2.05, 4.69) is 15.4 Å². The molecular weight excluding hydrogens is 390 g/mol. The van der Waals surface area contributed by atoms with Crippen LogP contribution < -0.4 is 5.32 Å². The fraction of sp³-hybridized carbons (Fsp3) is 0.0500. The van der Waals surface area contributed by atoms with Gasteiger partial charge >= 0.3 is 0 Å². The molecule has 2 aromatic carbocycles. The van der Waals surface area contributed by atoms with Crippen LogP contribution in [0.3, 0.4) is 0 Å². The molecule has 29 heavy (non-hydrogen) atoms. The average Bonchev–Trinajstić information content (AvgIpc) is 3.35. The lowest BCUT2D eigenvalue weighted by Gasteiger charge is -2.06. The monoisotopic (exact) mass is 405 g/mol. The molecule has 8 nitrogen and oxygen atoms in total. The summed E-state index contributed by atoms with van der Waals surface area (Å²) in [6.45, 7) is 1.81. The van der Waals surface area contributed by atoms with Gasteiger partial charge in [0.05, 0.1) is 16.3 Å². The lowest BCUT2D eigenvalue weighted by Crippen LogP contribution is -2.15. The third-order valence-electron chi connectivity index (χ3n) is 4.14. The molecule has 0 fully saturated rings. The van der Waals surface area contributed by atoms with Crippen LogP contribution in [0.4, 0.5) is 11.5 Å². The van der Waals surface area contributed by atoms with Gasteiger partial charge in [-0.2, -0.15) is 9.78 Å². The second kappa shape index (κ2) is 7.64. The maximum Gasteiger partial charge on any atom is 0.270 e. The van der Waals surface area contributed by atoms with Crippen molar-refractivity contribution in [3.63, 3.8) is 0 Å². The van der Waals surface area contributed by atoms with Crippen LogP contribution >= 0.6 is 11.3 Å². The fourth-order valence-electron chi connectivity index (χ4n) is 2.79. The molecule has 2 heterocycles. The Labute approximate surface area is 169 Å². The number of benzene rings is 2. The number of aryl methyl sites for hydroxylation is 1. The SMILES string of the molecule is Cc1cc(NC(=O)c2cccc([N+](=O)[O-])c2)n(-c2nc(-c3ccccc3)cs2)n1. The van der Waals surface area contributed by atoms with Crippen molar-refractivity contribution in [3.8, 4) is 16.4 Å². The van der Waals surface area contributed by atoms with E-state index in [-0.39, 0.29) is 11.3 Å². The number of hydrogen-bond acceptors (Lipinski definition) is 6. The highest BCUT2D eigenvalue weighted by atomic mass is 32.1. The van der Waals surface area contributed by atoms with Crippen molar-refractivity contribution in [2.24, 2.45) is 0 Å². The predicted octanol–water partition coefficient (Wildman–Crippen LogP) is 4.46. The number of nitrogens with zero attached hydrogens (tertiary/aromatic N) is 4. The van der Waals surface area contributed by atoms with Crippen LogP contribution in [0.1, 0.15) is 16.1 Å². The maximum atomic E-state index is 12.6. The molecule has 4 rings (SSSR count). The highest BCUT2D eigenvalue weighted by Crippen LogP contribution is 2.26. The zero-order valence-corrected chi connectivity index (χ0v) is 16.1. The lowest BCUT2D eigenvalue weighted by molar-refractivity contribution is -0.384. The summed E-state index contributed by atoms with van der Waals surface area (Å²) in [4.78, 5) is 27.6. The van der Waals surface area contributed by atoms with Gasteiger partial charge in [0.25, 0.3) is 11.6 Å². The van der Waals surface area contributed by atoms with Crippen molar-refractivity contribution in [1.82, 2.24) is 14.8 Å². The van der Waals surface area contributed by atoms with Crippen LogP contribution in [0.15, 0.2) is 66.0 Å². The van der Waals surface area contributed by atoms with Crippen LogP contribution in [-0.4, -0.2) is 25.6 Å². The molecule has 2 aromatic heterocycles. The molecule has 0 saturated carbocycles. The Morgan fingerprint density at radius 3 is 2.69 bits per heavy atom. The minimum absolute atomic E-state index is 0.144. The summed E-state index contributed by atoms with van der Waals surface area (Å²) in [6, 6.07) is 17.1. The van der Waals surface area contributed by atoms with Crippen LogP contribution in [0.5, 0.6) is 0 Å². The van der Waals surface area contributed by atoms with Gasteiger partial charge in [0.15, 0.2) is 0 Å². The number of aromatic nitrogens is 3. The summed E-state index contributed by atoms with van der Waals surface area (Å²) in [5.41, 5.74) is 2.55. The zero-order valence-electron chi connectivity index (χ0n) is 15.3. The number of nitro groups is 1. The lowest BCUT2D eigenvalue weighted by atomic mass is 10.2. The summed E-state index contributed by atoms with van der Waals surface area (Å²) < 4.78 is 1.56. The Hall–Kier alpha value is -3.85. The summed E-state index contributed by atoms with van der Waals surface area (Å²) >= 11 is 1.40. The largest absolute Gasteiger partial charge is 0.306 e. The van der Waals surface area contributed by atoms with E-state index in [1.807, 2.05) is 42.6 Å². The van der Waals surface area contributed by atoms with E-state index < -0.39 is 10.8 Å². The number of carbonyl (C=O) groups excluding carboxylic acids is 1. The van der Waals surface area contributed by atoms with E-state index in [4.69, 9.17) is 0 Å². The summed E-state index contributed by atoms with van der Waals surface area (Å²) in [5.74, 6) is -0.0253. The van der Waals surface area contributed by atoms with Crippen molar-refractivity contribution in [3.05, 3.63) is 87.4 Å². The molecule has 1 amide bonds. The first-order valence-electron chi connectivity index (χ1n) is 8.65. The minimum atomic E-state index is -0.536. The van der Waals surface area contributed by atoms with Crippen LogP contribution in [-0.2, 0) is 0 Å². The third kappa shape index (κ3) is 3.90. The minimum Gasteiger partial charge on any atom is -0.306 e. The van der Waals surface area contributed by atoms with Gasteiger partial charge in [-0.25, -0.2) is 4.98 Å². The number of hydrogen-bond donors (Lipinski definition) is 1. The van der Waals surface area contributed by atoms with Gasteiger partial charge in [0.1, 0.15) is 5.82 Å². The Bertz CT molecular complexity index is 1200. The number of amides is 1. The first kappa shape index (κ1) is 18.5. The van der Waals surface area contributed by atoms with Crippen LogP contribution in [0, 0.1) is 17.0 Å². The first-order valence-corrected chi connectivity index (χ1v) is 9.53. The second-order valence-electron chi connectivity index (χ2n) is 6.23. The van der Waals surface area contributed by atoms with E-state index in [9.17, 15) is 14.9 Å². The number of rotatable bonds is 5. The van der Waals surface area contributed by atoms with Crippen molar-refractivity contribution in [2.45, 2.75) is 6.92 Å². The molecule has 144 valence electrons. The van der Waals surface area contributed by atoms with Gasteiger partial charge in [0, 0.05) is 34.7 Å². The van der Waals surface area contributed by atoms with Crippen molar-refractivity contribution < 1.29 is 9.72 Å². The molecule has 0 aliphatic carbocycles. The average molecular weight is 405 g/mol. The maximum absolute atomic E-state index is 12.6. The fourth-order valence-corrected chi connectivity index (χ4v) is 3.58. The number of nitrogens with one attached hydrogen (secondary N) is 1. The molecule has 1 N–H and O–H groups in total. The van der Waals surface area contributed by atoms with Crippen LogP contribution in [0.25, 0.3) is 16.4 Å². The molecule has 0 atom stereocenters. The molecule has 0 saturated heterocycles. The van der Waals surface area contributed by atoms with Gasteiger partial charge in [-0.1, -0.05) is 36.4 Å². The normalized spacial score (nSPS) is 10.7. The molecule has 0 bridgehead atoms. The second-order valence-corrected chi connectivity index (χ2v) is 7.06. The highest BCUT2D eigenvalue weighted by Gasteiger charge is 2.17. The molecule has 0 unspecified atom stereocenters. The summed E-state index contributed by atoms with van der Waals surface area (Å²) in [5, 5.41) is 20.7. The smallest absolute Gasteiger partial charge is 0.270 e. The topological polar surface area (TPSA) is 103 Å². The Morgan fingerprint density at radius 2 is 1.93 bits per heavy atom. The summed E-state index contributed by atoms with van der Waals surface area (Å²) in [6.07, 6.45) is 0. The number of non-ortho nitro benzene ring substituents is 1. The van der Waals surface area contributed by atoms with E-state index in [0.717, 1.165) is 11.3 Å². The number of thiazole rings is 1. The van der Waals surface area contributed by atoms with Gasteiger partial charge in [-0.15, -0.1) is 11.3 Å². The molecular formula is C20H15N5O3S. The predicted molar refractivity (Wildman–Crippen MR) is 110 cm³/mol. The van der Waals surface area contributed by atoms with Crippen LogP contribution in [0.2, 0.25) is 0 Å². The molecule has 0 spiro atoms. The van der Waals surface area contributed by atoms with Gasteiger partial charge < -0.3 is 5.32 Å². The van der Waals surface area contributed by atoms with Gasteiger partial charge in [-0.3, -0.25) is 14.9 Å². The standard InChI is InChI=1S/C20H15N5O3S/c1-13-10-18(22-19(26)15-8-5-9-16(11-15)25(27)28)24(23-13)20-21-17(12-29-20)14-6-3-2-4-7-14/h2-12H,1H3,(H,22,26). The van der Waals surface area contributed by atoms with E-state index in [1.54, 1.807) is 10.7 Å². The number of nitro benzene ring substituents is 1. The molecule has 0 radical (unpaired) electrons. The Kier molecular flexibility index (Phi) is 4.88. The zero-order chi connectivity index (χ0) is 20.4. The molecule has 0 aliphatic heterocycles. The summed E-state index contributed by atoms with van der Waals surface area (Å²) in [7, 11) is 0. The molecule has 9 heteroatoms. The first-order chi connectivity index (χ1) is 14.0. The van der Waals surface area contributed by atoms with E-state index in [1.165, 1.54) is 35.6 Å². The van der Waals surface area contributed by atoms with Crippen molar-refractivity contribution in [2.75, 3.05) is 5.32 Å². The highest BCUT2D eigenvalue weighted by molar-refractivity contribution is 7.12. The number of anilines is 1. The van der Waals surface area contributed by atoms with Gasteiger partial charge in [-0.05, 0) is 13.0 Å². The van der Waals surface area contributed by atoms with E-state index in [0.29, 0.717) is 16.6 Å². The molecule has 4 aromatic rings. The van der Waals surface area contributed by atoms with Crippen molar-refractivity contribution in [1.29, 1.82) is 0 Å². The third-order valence-corrected chi connectivity index (χ3v) is 4.95. The van der Waals surface area contributed by atoms with Gasteiger partial charge in [0.2, 0.25) is 5.13 Å².